The van der Waals surface area contributed by atoms with Gasteiger partial charge < -0.3 is 11.1 Å². The van der Waals surface area contributed by atoms with Gasteiger partial charge in [0.05, 0.1) is 0 Å². The van der Waals surface area contributed by atoms with Gasteiger partial charge in [-0.25, -0.2) is 0 Å². The zero-order valence-corrected chi connectivity index (χ0v) is 11.6. The topological polar surface area (TPSA) is 50.9 Å². The van der Waals surface area contributed by atoms with Gasteiger partial charge in [-0.15, -0.1) is 0 Å². The van der Waals surface area contributed by atoms with Crippen molar-refractivity contribution in [2.24, 2.45) is 0 Å². The first-order valence-electron chi connectivity index (χ1n) is 6.11. The molecule has 0 saturated heterocycles. The van der Waals surface area contributed by atoms with Crippen LogP contribution in [0.5, 0.6) is 0 Å². The summed E-state index contributed by atoms with van der Waals surface area (Å²) in [4.78, 5) is 4.17. The van der Waals surface area contributed by atoms with E-state index in [1.54, 1.807) is 6.20 Å². The first-order valence-corrected chi connectivity index (χ1v) is 7.40. The van der Waals surface area contributed by atoms with E-state index in [-0.39, 0.29) is 0 Å². The SMILES string of the molecule is CSC(C)CCNc1ccc(N)c2ccncc12. The zero-order chi connectivity index (χ0) is 13.0. The third kappa shape index (κ3) is 2.88. The van der Waals surface area contributed by atoms with Crippen molar-refractivity contribution in [3.8, 4) is 0 Å². The van der Waals surface area contributed by atoms with Crippen LogP contribution in [0.3, 0.4) is 0 Å². The summed E-state index contributed by atoms with van der Waals surface area (Å²) in [5, 5.41) is 6.30. The van der Waals surface area contributed by atoms with Crippen LogP contribution in [-0.4, -0.2) is 23.0 Å². The smallest absolute Gasteiger partial charge is 0.0437 e. The summed E-state index contributed by atoms with van der Waals surface area (Å²) in [7, 11) is 0. The Kier molecular flexibility index (Phi) is 4.31. The molecule has 18 heavy (non-hydrogen) atoms. The lowest BCUT2D eigenvalue weighted by Gasteiger charge is -2.13. The minimum atomic E-state index is 0.677. The first-order chi connectivity index (χ1) is 8.72. The lowest BCUT2D eigenvalue weighted by Crippen LogP contribution is -2.08. The molecular weight excluding hydrogens is 242 g/mol. The Hall–Kier alpha value is -1.42. The molecule has 0 aliphatic rings. The molecule has 0 fully saturated rings. The van der Waals surface area contributed by atoms with E-state index in [1.807, 2.05) is 36.2 Å². The number of benzene rings is 1. The Labute approximate surface area is 112 Å². The van der Waals surface area contributed by atoms with Gasteiger partial charge in [0.1, 0.15) is 0 Å². The number of aromatic nitrogens is 1. The number of anilines is 2. The fourth-order valence-corrected chi connectivity index (χ4v) is 2.25. The molecule has 1 aromatic carbocycles. The van der Waals surface area contributed by atoms with Crippen molar-refractivity contribution in [2.75, 3.05) is 23.9 Å². The molecule has 1 unspecified atom stereocenters. The predicted molar refractivity (Wildman–Crippen MR) is 82.2 cm³/mol. The van der Waals surface area contributed by atoms with Gasteiger partial charge in [0.15, 0.2) is 0 Å². The Balaban J connectivity index is 2.16. The van der Waals surface area contributed by atoms with Crippen molar-refractivity contribution in [3.63, 3.8) is 0 Å². The largest absolute Gasteiger partial charge is 0.398 e. The van der Waals surface area contributed by atoms with Gasteiger partial charge in [-0.05, 0) is 30.9 Å². The number of rotatable bonds is 5. The Morgan fingerprint density at radius 2 is 2.17 bits per heavy atom. The quantitative estimate of drug-likeness (QED) is 0.810. The summed E-state index contributed by atoms with van der Waals surface area (Å²) >= 11 is 1.89. The summed E-state index contributed by atoms with van der Waals surface area (Å²) in [6, 6.07) is 5.94. The summed E-state index contributed by atoms with van der Waals surface area (Å²) in [6.45, 7) is 3.21. The molecule has 2 aromatic rings. The predicted octanol–water partition coefficient (Wildman–Crippen LogP) is 3.37. The zero-order valence-electron chi connectivity index (χ0n) is 10.8. The Bertz CT molecular complexity index is 527. The minimum Gasteiger partial charge on any atom is -0.398 e. The van der Waals surface area contributed by atoms with E-state index >= 15 is 0 Å². The van der Waals surface area contributed by atoms with Gasteiger partial charge in [0, 0.05) is 46.3 Å². The molecule has 96 valence electrons. The average Bonchev–Trinajstić information content (AvgIpc) is 2.41. The molecule has 1 heterocycles. The maximum Gasteiger partial charge on any atom is 0.0437 e. The van der Waals surface area contributed by atoms with Crippen molar-refractivity contribution >= 4 is 33.9 Å². The van der Waals surface area contributed by atoms with Crippen LogP contribution in [0, 0.1) is 0 Å². The number of thioether (sulfide) groups is 1. The molecule has 3 N–H and O–H groups in total. The van der Waals surface area contributed by atoms with Crippen LogP contribution in [0.15, 0.2) is 30.6 Å². The fraction of sp³-hybridized carbons (Fsp3) is 0.357. The van der Waals surface area contributed by atoms with E-state index < -0.39 is 0 Å². The molecule has 0 amide bonds. The Morgan fingerprint density at radius 3 is 2.94 bits per heavy atom. The van der Waals surface area contributed by atoms with E-state index in [0.29, 0.717) is 5.25 Å². The number of nitrogen functional groups attached to an aromatic ring is 1. The first kappa shape index (κ1) is 13.0. The molecular formula is C14H19N3S. The highest BCUT2D eigenvalue weighted by atomic mass is 32.2. The van der Waals surface area contributed by atoms with Crippen LogP contribution >= 0.6 is 11.8 Å². The highest BCUT2D eigenvalue weighted by Crippen LogP contribution is 2.27. The van der Waals surface area contributed by atoms with Gasteiger partial charge >= 0.3 is 0 Å². The number of nitrogens with one attached hydrogen (secondary N) is 1. The Morgan fingerprint density at radius 1 is 1.33 bits per heavy atom. The highest BCUT2D eigenvalue weighted by Gasteiger charge is 2.04. The molecule has 0 aliphatic heterocycles. The molecule has 1 aromatic heterocycles. The van der Waals surface area contributed by atoms with Crippen LogP contribution in [0.2, 0.25) is 0 Å². The number of nitrogens with zero attached hydrogens (tertiary/aromatic N) is 1. The van der Waals surface area contributed by atoms with Gasteiger partial charge in [-0.2, -0.15) is 11.8 Å². The van der Waals surface area contributed by atoms with E-state index in [4.69, 9.17) is 5.73 Å². The highest BCUT2D eigenvalue weighted by molar-refractivity contribution is 7.99. The summed E-state index contributed by atoms with van der Waals surface area (Å²) in [5.74, 6) is 0. The lowest BCUT2D eigenvalue weighted by molar-refractivity contribution is 0.854. The van der Waals surface area contributed by atoms with Gasteiger partial charge in [0.2, 0.25) is 0 Å². The molecule has 0 aliphatic carbocycles. The number of pyridine rings is 1. The molecule has 2 rings (SSSR count). The van der Waals surface area contributed by atoms with Crippen LogP contribution < -0.4 is 11.1 Å². The van der Waals surface area contributed by atoms with Gasteiger partial charge in [-0.1, -0.05) is 6.92 Å². The van der Waals surface area contributed by atoms with E-state index in [2.05, 4.69) is 23.5 Å². The van der Waals surface area contributed by atoms with E-state index in [1.165, 1.54) is 0 Å². The summed E-state index contributed by atoms with van der Waals surface area (Å²) < 4.78 is 0. The van der Waals surface area contributed by atoms with E-state index in [9.17, 15) is 0 Å². The number of hydrogen-bond donors (Lipinski definition) is 2. The molecule has 0 radical (unpaired) electrons. The van der Waals surface area contributed by atoms with Crippen LogP contribution in [0.1, 0.15) is 13.3 Å². The fourth-order valence-electron chi connectivity index (χ4n) is 1.90. The third-order valence-electron chi connectivity index (χ3n) is 3.12. The van der Waals surface area contributed by atoms with Gasteiger partial charge in [-0.3, -0.25) is 4.98 Å². The molecule has 1 atom stereocenters. The second-order valence-corrected chi connectivity index (χ2v) is 5.66. The van der Waals surface area contributed by atoms with Crippen molar-refractivity contribution in [1.82, 2.24) is 4.98 Å². The van der Waals surface area contributed by atoms with Crippen LogP contribution in [-0.2, 0) is 0 Å². The summed E-state index contributed by atoms with van der Waals surface area (Å²) in [6.07, 6.45) is 6.94. The second kappa shape index (κ2) is 5.96. The van der Waals surface area contributed by atoms with Crippen molar-refractivity contribution in [3.05, 3.63) is 30.6 Å². The molecule has 4 heteroatoms. The average molecular weight is 261 g/mol. The standard InChI is InChI=1S/C14H19N3S/c1-10(18-2)5-8-17-14-4-3-13(15)11-6-7-16-9-12(11)14/h3-4,6-7,9-10,17H,5,8,15H2,1-2H3. The van der Waals surface area contributed by atoms with Gasteiger partial charge in [0.25, 0.3) is 0 Å². The molecule has 0 spiro atoms. The number of hydrogen-bond acceptors (Lipinski definition) is 4. The third-order valence-corrected chi connectivity index (χ3v) is 4.16. The maximum atomic E-state index is 5.96. The number of fused-ring (bicyclic) bond motifs is 1. The molecule has 0 saturated carbocycles. The van der Waals surface area contributed by atoms with Crippen LogP contribution in [0.4, 0.5) is 11.4 Å². The monoisotopic (exact) mass is 261 g/mol. The molecule has 0 bridgehead atoms. The van der Waals surface area contributed by atoms with E-state index in [0.717, 1.165) is 35.1 Å². The van der Waals surface area contributed by atoms with Crippen molar-refractivity contribution in [2.45, 2.75) is 18.6 Å². The maximum absolute atomic E-state index is 5.96. The lowest BCUT2D eigenvalue weighted by atomic mass is 10.1. The normalized spacial score (nSPS) is 12.6. The summed E-state index contributed by atoms with van der Waals surface area (Å²) in [5.41, 5.74) is 7.88. The number of nitrogens with two attached hydrogens (primary N) is 1. The minimum absolute atomic E-state index is 0.677. The molecule has 3 nitrogen and oxygen atoms in total. The van der Waals surface area contributed by atoms with Crippen LogP contribution in [0.25, 0.3) is 10.8 Å². The van der Waals surface area contributed by atoms with Crippen molar-refractivity contribution in [1.29, 1.82) is 0 Å². The van der Waals surface area contributed by atoms with Crippen molar-refractivity contribution < 1.29 is 0 Å². The second-order valence-electron chi connectivity index (χ2n) is 4.39.